The molecule has 0 rings (SSSR count). The first kappa shape index (κ1) is 7.92. The summed E-state index contributed by atoms with van der Waals surface area (Å²) in [5.74, 6) is 0. The molecule has 0 radical (unpaired) electrons. The van der Waals surface area contributed by atoms with Crippen LogP contribution < -0.4 is 0 Å². The van der Waals surface area contributed by atoms with E-state index in [1.165, 1.54) is 12.8 Å². The van der Waals surface area contributed by atoms with Crippen molar-refractivity contribution in [3.8, 4) is 0 Å². The van der Waals surface area contributed by atoms with Crippen LogP contribution in [-0.2, 0) is 0 Å². The van der Waals surface area contributed by atoms with Gasteiger partial charge in [0.25, 0.3) is 0 Å². The van der Waals surface area contributed by atoms with Crippen LogP contribution in [-0.4, -0.2) is 14.6 Å². The maximum Gasteiger partial charge on any atom is 0.183 e. The third-order valence-corrected chi connectivity index (χ3v) is 1.91. The Morgan fingerprint density at radius 2 is 2.38 bits per heavy atom. The molecule has 0 aromatic rings. The lowest BCUT2D eigenvalue weighted by molar-refractivity contribution is 0.606. The summed E-state index contributed by atoms with van der Waals surface area (Å²) in [5.41, 5.74) is 0. The van der Waals surface area contributed by atoms with Crippen LogP contribution in [0.2, 0.25) is 0 Å². The Bertz CT molecular complexity index is 70.9. The lowest BCUT2D eigenvalue weighted by Crippen LogP contribution is -1.91. The Labute approximate surface area is 53.4 Å². The lowest BCUT2D eigenvalue weighted by atomic mass is 10.2. The van der Waals surface area contributed by atoms with Crippen molar-refractivity contribution in [2.75, 3.05) is 0 Å². The van der Waals surface area contributed by atoms with Crippen molar-refractivity contribution in [3.63, 3.8) is 0 Å². The van der Waals surface area contributed by atoms with Gasteiger partial charge in [0.1, 0.15) is 0 Å². The third-order valence-electron chi connectivity index (χ3n) is 1.11. The van der Waals surface area contributed by atoms with E-state index in [9.17, 15) is 0 Å². The summed E-state index contributed by atoms with van der Waals surface area (Å²) in [7, 11) is -0.876. The highest BCUT2D eigenvalue weighted by Crippen LogP contribution is 2.00. The van der Waals surface area contributed by atoms with Crippen LogP contribution in [0.15, 0.2) is 11.8 Å². The van der Waals surface area contributed by atoms with E-state index in [0.717, 1.165) is 11.6 Å². The zero-order chi connectivity index (χ0) is 6.41. The molecule has 0 aromatic carbocycles. The Morgan fingerprint density at radius 1 is 1.75 bits per heavy atom. The molecule has 0 aliphatic carbocycles. The van der Waals surface area contributed by atoms with Gasteiger partial charge in [-0.1, -0.05) is 25.0 Å². The normalized spacial score (nSPS) is 10.8. The first-order valence-electron chi connectivity index (χ1n) is 3.08. The molecule has 2 heteroatoms. The Kier molecular flexibility index (Phi) is 5.01. The predicted molar refractivity (Wildman–Crippen MR) is 39.4 cm³/mol. The van der Waals surface area contributed by atoms with Gasteiger partial charge in [-0.3, -0.25) is 0 Å². The van der Waals surface area contributed by atoms with Crippen LogP contribution >= 0.6 is 0 Å². The van der Waals surface area contributed by atoms with Gasteiger partial charge in [0.2, 0.25) is 0 Å². The quantitative estimate of drug-likeness (QED) is 0.557. The van der Waals surface area contributed by atoms with E-state index in [1.54, 1.807) is 0 Å². The molecule has 0 saturated heterocycles. The summed E-state index contributed by atoms with van der Waals surface area (Å²) < 4.78 is 0. The minimum absolute atomic E-state index is 0.876. The first-order valence-corrected chi connectivity index (χ1v) is 4.42. The number of allylic oxidation sites excluding steroid dienone is 1. The second kappa shape index (κ2) is 5.06. The first-order chi connectivity index (χ1) is 3.81. The van der Waals surface area contributed by atoms with Gasteiger partial charge in [-0.25, -0.2) is 0 Å². The van der Waals surface area contributed by atoms with E-state index in [2.05, 4.69) is 13.5 Å². The van der Waals surface area contributed by atoms with Crippen LogP contribution in [0.1, 0.15) is 26.2 Å². The van der Waals surface area contributed by atoms with Crippen molar-refractivity contribution >= 4 is 9.76 Å². The number of rotatable bonds is 4. The second-order valence-corrected chi connectivity index (χ2v) is 3.33. The van der Waals surface area contributed by atoms with Gasteiger partial charge >= 0.3 is 0 Å². The van der Waals surface area contributed by atoms with Gasteiger partial charge in [0, 0.05) is 0 Å². The van der Waals surface area contributed by atoms with Crippen LogP contribution in [0, 0.1) is 0 Å². The zero-order valence-electron chi connectivity index (χ0n) is 5.48. The maximum atomic E-state index is 8.60. The fraction of sp³-hybridized carbons (Fsp3) is 0.667. The van der Waals surface area contributed by atoms with Crippen molar-refractivity contribution in [1.82, 2.24) is 0 Å². The van der Waals surface area contributed by atoms with Gasteiger partial charge in [-0.05, 0) is 6.42 Å². The molecule has 0 atom stereocenters. The molecule has 0 spiro atoms. The van der Waals surface area contributed by atoms with Crippen molar-refractivity contribution in [1.29, 1.82) is 0 Å². The van der Waals surface area contributed by atoms with E-state index in [1.807, 2.05) is 0 Å². The van der Waals surface area contributed by atoms with E-state index in [-0.39, 0.29) is 0 Å². The SMILES string of the molecule is C=C(CCCC)[SiH2]O. The van der Waals surface area contributed by atoms with Crippen molar-refractivity contribution in [3.05, 3.63) is 11.8 Å². The number of hydrogen-bond acceptors (Lipinski definition) is 1. The van der Waals surface area contributed by atoms with Crippen LogP contribution in [0.3, 0.4) is 0 Å². The van der Waals surface area contributed by atoms with Gasteiger partial charge in [0.15, 0.2) is 9.76 Å². The Balaban J connectivity index is 2.99. The van der Waals surface area contributed by atoms with E-state index >= 15 is 0 Å². The highest BCUT2D eigenvalue weighted by molar-refractivity contribution is 6.35. The monoisotopic (exact) mass is 130 g/mol. The molecule has 0 fully saturated rings. The molecule has 0 aromatic heterocycles. The van der Waals surface area contributed by atoms with Gasteiger partial charge < -0.3 is 4.80 Å². The van der Waals surface area contributed by atoms with E-state index in [4.69, 9.17) is 4.80 Å². The summed E-state index contributed by atoms with van der Waals surface area (Å²) in [6, 6.07) is 0. The maximum absolute atomic E-state index is 8.60. The van der Waals surface area contributed by atoms with Crippen LogP contribution in [0.5, 0.6) is 0 Å². The molecule has 0 heterocycles. The molecule has 0 saturated carbocycles. The standard InChI is InChI=1S/C6H14OSi/c1-3-4-5-6(2)8-7/h7H,2-5,8H2,1H3. The van der Waals surface area contributed by atoms with Gasteiger partial charge in [-0.15, -0.1) is 6.58 Å². The minimum atomic E-state index is -0.876. The fourth-order valence-electron chi connectivity index (χ4n) is 0.506. The highest BCUT2D eigenvalue weighted by atomic mass is 28.2. The molecule has 0 bridgehead atoms. The third kappa shape index (κ3) is 4.09. The zero-order valence-corrected chi connectivity index (χ0v) is 6.90. The second-order valence-electron chi connectivity index (χ2n) is 2.01. The summed E-state index contributed by atoms with van der Waals surface area (Å²) >= 11 is 0. The average molecular weight is 130 g/mol. The predicted octanol–water partition coefficient (Wildman–Crippen LogP) is 0.766. The van der Waals surface area contributed by atoms with E-state index < -0.39 is 9.76 Å². The number of unbranched alkanes of at least 4 members (excludes halogenated alkanes) is 1. The Hall–Kier alpha value is -0.0831. The van der Waals surface area contributed by atoms with Gasteiger partial charge in [0.05, 0.1) is 0 Å². The van der Waals surface area contributed by atoms with E-state index in [0.29, 0.717) is 0 Å². The van der Waals surface area contributed by atoms with Crippen molar-refractivity contribution in [2.45, 2.75) is 26.2 Å². The molecule has 0 aliphatic rings. The molecular formula is C6H14OSi. The van der Waals surface area contributed by atoms with Crippen molar-refractivity contribution < 1.29 is 4.80 Å². The van der Waals surface area contributed by atoms with Crippen LogP contribution in [0.25, 0.3) is 0 Å². The molecule has 0 aliphatic heterocycles. The fourth-order valence-corrected chi connectivity index (χ4v) is 0.914. The molecule has 8 heavy (non-hydrogen) atoms. The molecule has 1 nitrogen and oxygen atoms in total. The summed E-state index contributed by atoms with van der Waals surface area (Å²) in [6.45, 7) is 5.87. The summed E-state index contributed by atoms with van der Waals surface area (Å²) in [5, 5.41) is 1.09. The lowest BCUT2D eigenvalue weighted by Gasteiger charge is -1.95. The molecule has 0 amide bonds. The molecule has 0 unspecified atom stereocenters. The smallest absolute Gasteiger partial charge is 0.183 e. The average Bonchev–Trinajstić information content (AvgIpc) is 1.83. The largest absolute Gasteiger partial charge is 0.434 e. The minimum Gasteiger partial charge on any atom is -0.434 e. The topological polar surface area (TPSA) is 20.2 Å². The molecular weight excluding hydrogens is 116 g/mol. The Morgan fingerprint density at radius 3 is 2.75 bits per heavy atom. The summed E-state index contributed by atoms with van der Waals surface area (Å²) in [4.78, 5) is 8.60. The molecule has 1 N–H and O–H groups in total. The van der Waals surface area contributed by atoms with Crippen LogP contribution in [0.4, 0.5) is 0 Å². The number of hydrogen-bond donors (Lipinski definition) is 1. The summed E-state index contributed by atoms with van der Waals surface area (Å²) in [6.07, 6.45) is 3.43. The van der Waals surface area contributed by atoms with Gasteiger partial charge in [-0.2, -0.15) is 0 Å². The highest BCUT2D eigenvalue weighted by Gasteiger charge is 1.89. The molecule has 48 valence electrons. The van der Waals surface area contributed by atoms with Crippen molar-refractivity contribution in [2.24, 2.45) is 0 Å².